The average molecular weight is 1560 g/mol. The summed E-state index contributed by atoms with van der Waals surface area (Å²) in [6.07, 6.45) is 9.01. The number of aryl methyl sites for hydroxylation is 2. The van der Waals surface area contributed by atoms with Crippen LogP contribution in [0, 0.1) is 27.7 Å². The van der Waals surface area contributed by atoms with Crippen molar-refractivity contribution in [3.05, 3.63) is 231 Å². The van der Waals surface area contributed by atoms with Crippen LogP contribution in [-0.4, -0.2) is 178 Å². The fourth-order valence-corrected chi connectivity index (χ4v) is 13.3. The molecule has 9 heterocycles. The molecule has 1 fully saturated rings. The van der Waals surface area contributed by atoms with Crippen LogP contribution in [0.2, 0.25) is 0 Å². The molecular formula is C83H95BBrN18O8+. The van der Waals surface area contributed by atoms with Gasteiger partial charge in [-0.25, -0.2) is 14.0 Å². The van der Waals surface area contributed by atoms with Crippen molar-refractivity contribution in [1.29, 1.82) is 0 Å². The van der Waals surface area contributed by atoms with Gasteiger partial charge in [0.15, 0.2) is 6.29 Å². The Bertz CT molecular complexity index is 5180. The van der Waals surface area contributed by atoms with E-state index in [-0.39, 0.29) is 47.9 Å². The Morgan fingerprint density at radius 1 is 0.586 bits per heavy atom. The average Bonchev–Trinajstić information content (AvgIpc) is 1.62. The molecule has 0 aliphatic carbocycles. The molecule has 11 aromatic rings. The van der Waals surface area contributed by atoms with Gasteiger partial charge in [0.25, 0.3) is 17.7 Å². The van der Waals surface area contributed by atoms with Gasteiger partial charge in [0.1, 0.15) is 16.0 Å². The van der Waals surface area contributed by atoms with Crippen molar-refractivity contribution in [2.24, 2.45) is 0 Å². The zero-order valence-electron chi connectivity index (χ0n) is 65.0. The van der Waals surface area contributed by atoms with Gasteiger partial charge in [0.2, 0.25) is 11.8 Å². The van der Waals surface area contributed by atoms with Crippen LogP contribution < -0.4 is 32.0 Å². The number of hydrogen-bond donors (Lipinski definition) is 7. The Morgan fingerprint density at radius 3 is 1.53 bits per heavy atom. The predicted octanol–water partition coefficient (Wildman–Crippen LogP) is 12.0. The molecule has 7 N–H and O–H groups in total. The molecule has 6 aromatic carbocycles. The third-order valence-corrected chi connectivity index (χ3v) is 21.2. The van der Waals surface area contributed by atoms with Gasteiger partial charge in [0.05, 0.1) is 115 Å². The van der Waals surface area contributed by atoms with Gasteiger partial charge in [0, 0.05) is 63.9 Å². The van der Waals surface area contributed by atoms with E-state index < -0.39 is 0 Å². The van der Waals surface area contributed by atoms with E-state index in [0.717, 1.165) is 156 Å². The number of aromatic nitrogens is 11. The second kappa shape index (κ2) is 35.4. The van der Waals surface area contributed by atoms with E-state index in [9.17, 15) is 28.8 Å². The third kappa shape index (κ3) is 19.2. The molecule has 111 heavy (non-hydrogen) atoms. The van der Waals surface area contributed by atoms with Crippen molar-refractivity contribution in [2.75, 3.05) is 75.4 Å². The number of H-pyrrole nitrogens is 2. The number of halogens is 1. The summed E-state index contributed by atoms with van der Waals surface area (Å²) in [5.41, 5.74) is 17.8. The molecule has 1 saturated heterocycles. The number of fused-ring (bicyclic) bond motifs is 3. The lowest BCUT2D eigenvalue weighted by atomic mass is 9.78. The molecule has 4 aliphatic rings. The summed E-state index contributed by atoms with van der Waals surface area (Å²) in [4.78, 5) is 80.3. The topological polar surface area (TPSA) is 308 Å². The number of hydrogen-bond acceptors (Lipinski definition) is 15. The van der Waals surface area contributed by atoms with Crippen molar-refractivity contribution in [3.63, 3.8) is 0 Å². The lowest BCUT2D eigenvalue weighted by Gasteiger charge is -2.32. The summed E-state index contributed by atoms with van der Waals surface area (Å²) in [6, 6.07) is 46.9. The lowest BCUT2D eigenvalue weighted by molar-refractivity contribution is -0.904. The Labute approximate surface area is 655 Å². The number of benzene rings is 6. The second-order valence-corrected chi connectivity index (χ2v) is 29.5. The maximum absolute atomic E-state index is 13.0. The lowest BCUT2D eigenvalue weighted by Crippen LogP contribution is -2.48. The molecule has 4 aliphatic heterocycles. The summed E-state index contributed by atoms with van der Waals surface area (Å²) in [5, 5.41) is 39.3. The maximum atomic E-state index is 13.0. The standard InChI is InChI=1S/C30H33N7O2.C16H12N4O.C15H25N3O2.C14H18BNO3.C8H6BrN3/c1-5-36(6-2)15-14-31-30(39)28-19(3)26(32-20(28)4)17-24-23-16-21(12-13-25(23)33-29(24)38)27-18-37(35-34-27)22-10-8-7-9-11-22;21-16-9-12-8-11(6-7-14(12)17-16)15-10-20(19-18-15)13-4-2-1-3-5-13;1-6-18(5,7-2)9-8-16-15(20)14-11(3)13(10-19)17-12(14)4;1-13(2)14(3,4)19-15(18-13)10-5-6-11-9(7-10)8-12(17)16-11;9-8-6-12(11-10-8)7-4-2-1-3-5-7/h7-13,16-18,32H,5-6,14-15H2,1-4H3,(H,31,39)(H,33,38);1-8,10H,9H2,(H,17,21);10H,6-9H2,1-5H3,(H-,16,17,19,20);5-7H,8H2,1-4H3,(H,16,17);1-6H/p+1/b24-17-;;;;. The number of carbonyl (C=O) groups excluding carboxylic acids is 6. The number of quaternary nitrogens is 1. The van der Waals surface area contributed by atoms with E-state index >= 15 is 0 Å². The van der Waals surface area contributed by atoms with E-state index in [1.54, 1.807) is 21.0 Å². The highest BCUT2D eigenvalue weighted by Gasteiger charge is 2.52. The molecule has 574 valence electrons. The van der Waals surface area contributed by atoms with E-state index in [1.807, 2.05) is 219 Å². The highest BCUT2D eigenvalue weighted by Crippen LogP contribution is 2.39. The van der Waals surface area contributed by atoms with Crippen LogP contribution in [0.15, 0.2) is 169 Å². The van der Waals surface area contributed by atoms with Gasteiger partial charge >= 0.3 is 7.12 Å². The number of nitrogens with zero attached hydrogens (tertiary/aromatic N) is 11. The minimum Gasteiger partial charge on any atom is -0.399 e. The molecular weight excluding hydrogens is 1470 g/mol. The van der Waals surface area contributed by atoms with Gasteiger partial charge < -0.3 is 55.2 Å². The highest BCUT2D eigenvalue weighted by molar-refractivity contribution is 9.10. The molecule has 0 saturated carbocycles. The molecule has 26 nitrogen and oxygen atoms in total. The number of amides is 5. The van der Waals surface area contributed by atoms with Crippen molar-refractivity contribution >= 4 is 93.0 Å². The summed E-state index contributed by atoms with van der Waals surface area (Å²) >= 11 is 3.23. The van der Waals surface area contributed by atoms with Gasteiger partial charge in [-0.05, 0) is 199 Å². The molecule has 5 amide bonds. The molecule has 0 bridgehead atoms. The number of anilines is 3. The van der Waals surface area contributed by atoms with E-state index in [1.165, 1.54) is 0 Å². The van der Waals surface area contributed by atoms with Crippen molar-refractivity contribution in [1.82, 2.24) is 70.5 Å². The van der Waals surface area contributed by atoms with E-state index in [0.29, 0.717) is 54.0 Å². The Kier molecular flexibility index (Phi) is 25.7. The monoisotopic (exact) mass is 1560 g/mol. The van der Waals surface area contributed by atoms with Gasteiger partial charge in [-0.2, -0.15) is 0 Å². The minimum absolute atomic E-state index is 0.0371. The Balaban J connectivity index is 0.000000146. The Morgan fingerprint density at radius 2 is 1.05 bits per heavy atom. The summed E-state index contributed by atoms with van der Waals surface area (Å²) in [5.74, 6) is -0.329. The molecule has 0 atom stereocenters. The predicted molar refractivity (Wildman–Crippen MR) is 436 cm³/mol. The van der Waals surface area contributed by atoms with Crippen LogP contribution in [-0.2, 0) is 36.5 Å². The molecule has 0 spiro atoms. The zero-order chi connectivity index (χ0) is 79.3. The summed E-state index contributed by atoms with van der Waals surface area (Å²) in [6.45, 7) is 31.0. The van der Waals surface area contributed by atoms with Crippen LogP contribution in [0.25, 0.3) is 51.2 Å². The van der Waals surface area contributed by atoms with Crippen LogP contribution in [0.1, 0.15) is 131 Å². The van der Waals surface area contributed by atoms with E-state index in [4.69, 9.17) is 9.31 Å². The second-order valence-electron chi connectivity index (χ2n) is 28.6. The molecule has 28 heteroatoms. The van der Waals surface area contributed by atoms with Crippen LogP contribution >= 0.6 is 15.9 Å². The fourth-order valence-electron chi connectivity index (χ4n) is 13.1. The number of carbonyl (C=O) groups is 6. The van der Waals surface area contributed by atoms with E-state index in [2.05, 4.69) is 123 Å². The number of rotatable bonds is 20. The molecule has 0 radical (unpaired) electrons. The number of aromatic amines is 2. The summed E-state index contributed by atoms with van der Waals surface area (Å²) < 4.78 is 18.9. The molecule has 15 rings (SSSR count). The van der Waals surface area contributed by atoms with Crippen LogP contribution in [0.5, 0.6) is 0 Å². The van der Waals surface area contributed by atoms with Gasteiger partial charge in [-0.3, -0.25) is 28.8 Å². The quantitative estimate of drug-likeness (QED) is 0.0161. The SMILES string of the molecule is Brc1cn(-c2ccccc2)nn1.CC1(C)OB(c2ccc3c(c2)CC(=O)N3)OC1(C)C.CCN(CC)CCNC(=O)c1c(C)[nH]c(/C=C2\C(=O)Nc3ccc(-c4cn(-c5ccccc5)nn4)cc32)c1C.CC[N+](C)(CC)CCNC(=O)c1c(C)[nH]c(C=O)c1C.O=C1Cc2cc(-c3cn(-c4ccccc4)nn3)ccc2N1. The van der Waals surface area contributed by atoms with Gasteiger partial charge in [-0.15, -0.1) is 15.3 Å². The van der Waals surface area contributed by atoms with Crippen LogP contribution in [0.3, 0.4) is 0 Å². The van der Waals surface area contributed by atoms with Gasteiger partial charge in [-0.1, -0.05) is 108 Å². The Hall–Kier alpha value is -11.6. The first-order valence-electron chi connectivity index (χ1n) is 37.2. The number of aldehydes is 1. The smallest absolute Gasteiger partial charge is 0.399 e. The van der Waals surface area contributed by atoms with Crippen molar-refractivity contribution in [3.8, 4) is 39.6 Å². The van der Waals surface area contributed by atoms with Crippen molar-refractivity contribution < 1.29 is 42.6 Å². The highest BCUT2D eigenvalue weighted by atomic mass is 79.9. The number of nitrogens with one attached hydrogen (secondary N) is 7. The zero-order valence-corrected chi connectivity index (χ0v) is 66.5. The first-order chi connectivity index (χ1) is 53.2. The van der Waals surface area contributed by atoms with Crippen molar-refractivity contribution in [2.45, 2.75) is 107 Å². The van der Waals surface area contributed by atoms with Crippen LogP contribution in [0.4, 0.5) is 17.1 Å². The third-order valence-electron chi connectivity index (χ3n) is 20.8. The summed E-state index contributed by atoms with van der Waals surface area (Å²) in [7, 11) is 1.81. The number of para-hydroxylation sites is 3. The molecule has 0 unspecified atom stereocenters. The number of likely N-dealkylation sites (N-methyl/N-ethyl adjacent to an activating group) is 2. The molecule has 5 aromatic heterocycles. The largest absolute Gasteiger partial charge is 0.494 e. The first kappa shape index (κ1) is 80.5. The maximum Gasteiger partial charge on any atom is 0.494 e. The first-order valence-corrected chi connectivity index (χ1v) is 37.9. The fraction of sp³-hybridized carbons (Fsp3) is 0.301. The normalized spacial score (nSPS) is 14.4. The minimum atomic E-state index is -0.369.